The average Bonchev–Trinajstić information content (AvgIpc) is 3.08. The summed E-state index contributed by atoms with van der Waals surface area (Å²) in [5.41, 5.74) is 1.20. The molecule has 2 aromatic rings. The van der Waals surface area contributed by atoms with Gasteiger partial charge in [-0.1, -0.05) is 30.3 Å². The van der Waals surface area contributed by atoms with Gasteiger partial charge >= 0.3 is 0 Å². The summed E-state index contributed by atoms with van der Waals surface area (Å²) in [5.74, 6) is 0.882. The van der Waals surface area contributed by atoms with E-state index in [1.54, 1.807) is 36.9 Å². The van der Waals surface area contributed by atoms with Gasteiger partial charge in [0, 0.05) is 11.6 Å². The summed E-state index contributed by atoms with van der Waals surface area (Å²) in [6, 6.07) is 16.2. The Morgan fingerprint density at radius 1 is 1.28 bits per heavy atom. The lowest BCUT2D eigenvalue weighted by Gasteiger charge is -2.45. The molecule has 29 heavy (non-hydrogen) atoms. The van der Waals surface area contributed by atoms with Gasteiger partial charge in [-0.05, 0) is 37.6 Å². The molecule has 2 aromatic carbocycles. The van der Waals surface area contributed by atoms with Crippen LogP contribution in [0.25, 0.3) is 0 Å². The number of rotatable bonds is 4. The van der Waals surface area contributed by atoms with Crippen LogP contribution in [0.2, 0.25) is 0 Å². The number of nitrogens with zero attached hydrogens (tertiary/aromatic N) is 2. The summed E-state index contributed by atoms with van der Waals surface area (Å²) in [6.07, 6.45) is 0.501. The van der Waals surface area contributed by atoms with Crippen molar-refractivity contribution < 1.29 is 19.4 Å². The summed E-state index contributed by atoms with van der Waals surface area (Å²) >= 11 is 0. The molecule has 0 spiro atoms. The van der Waals surface area contributed by atoms with Crippen LogP contribution >= 0.6 is 0 Å². The summed E-state index contributed by atoms with van der Waals surface area (Å²) in [7, 11) is 0. The Morgan fingerprint density at radius 2 is 2.03 bits per heavy atom. The van der Waals surface area contributed by atoms with Crippen molar-refractivity contribution in [3.63, 3.8) is 0 Å². The number of nitriles is 1. The lowest BCUT2D eigenvalue weighted by Crippen LogP contribution is -2.54. The van der Waals surface area contributed by atoms with Gasteiger partial charge in [0.25, 0.3) is 5.91 Å². The Bertz CT molecular complexity index is 1010. The lowest BCUT2D eigenvalue weighted by atomic mass is 9.85. The largest absolute Gasteiger partial charge is 0.491 e. The van der Waals surface area contributed by atoms with Crippen LogP contribution in [-0.4, -0.2) is 34.2 Å². The molecule has 0 bridgehead atoms. The van der Waals surface area contributed by atoms with Crippen molar-refractivity contribution in [2.75, 3.05) is 6.54 Å². The first-order valence-electron chi connectivity index (χ1n) is 9.48. The Hall–Kier alpha value is -3.30. The quantitative estimate of drug-likeness (QED) is 0.868. The van der Waals surface area contributed by atoms with Crippen LogP contribution in [-0.2, 0) is 16.1 Å². The molecule has 4 rings (SSSR count). The van der Waals surface area contributed by atoms with E-state index in [2.05, 4.69) is 6.07 Å². The van der Waals surface area contributed by atoms with Gasteiger partial charge in [-0.25, -0.2) is 0 Å². The number of benzene rings is 2. The summed E-state index contributed by atoms with van der Waals surface area (Å²) in [5, 5.41) is 20.3. The molecule has 6 heteroatoms. The second kappa shape index (κ2) is 7.26. The maximum Gasteiger partial charge on any atom is 0.251 e. The van der Waals surface area contributed by atoms with Crippen molar-refractivity contribution in [2.24, 2.45) is 0 Å². The van der Waals surface area contributed by atoms with E-state index in [0.29, 0.717) is 29.2 Å². The number of fused-ring (bicyclic) bond motifs is 1. The monoisotopic (exact) mass is 390 g/mol. The molecule has 0 aromatic heterocycles. The molecule has 0 saturated heterocycles. The van der Waals surface area contributed by atoms with E-state index in [4.69, 9.17) is 9.47 Å². The predicted molar refractivity (Wildman–Crippen MR) is 106 cm³/mol. The molecule has 2 atom stereocenters. The molecule has 2 aliphatic rings. The van der Waals surface area contributed by atoms with E-state index >= 15 is 0 Å². The third-order valence-corrected chi connectivity index (χ3v) is 5.34. The van der Waals surface area contributed by atoms with Crippen LogP contribution in [0.5, 0.6) is 5.75 Å². The molecule has 2 aliphatic heterocycles. The van der Waals surface area contributed by atoms with Gasteiger partial charge in [0.15, 0.2) is 0 Å². The molecular weight excluding hydrogens is 368 g/mol. The highest BCUT2D eigenvalue weighted by molar-refractivity contribution is 5.91. The number of carbonyl (C=O) groups excluding carboxylic acids is 1. The van der Waals surface area contributed by atoms with Crippen LogP contribution in [0.1, 0.15) is 36.6 Å². The molecule has 1 amide bonds. The number of carbonyl (C=O) groups is 1. The van der Waals surface area contributed by atoms with Crippen LogP contribution in [0, 0.1) is 11.3 Å². The Balaban J connectivity index is 1.59. The fourth-order valence-corrected chi connectivity index (χ4v) is 3.76. The topological polar surface area (TPSA) is 82.8 Å². The van der Waals surface area contributed by atoms with E-state index in [-0.39, 0.29) is 12.5 Å². The summed E-state index contributed by atoms with van der Waals surface area (Å²) < 4.78 is 11.8. The normalized spacial score (nSPS) is 22.3. The smallest absolute Gasteiger partial charge is 0.251 e. The molecular formula is C23H22N2O4. The highest BCUT2D eigenvalue weighted by Crippen LogP contribution is 2.44. The van der Waals surface area contributed by atoms with Crippen LogP contribution in [0.4, 0.5) is 0 Å². The van der Waals surface area contributed by atoms with Gasteiger partial charge in [-0.15, -0.1) is 0 Å². The average molecular weight is 390 g/mol. The minimum absolute atomic E-state index is 0.233. The molecule has 2 heterocycles. The van der Waals surface area contributed by atoms with Crippen LogP contribution < -0.4 is 4.74 Å². The number of hydrogen-bond donors (Lipinski definition) is 1. The number of amides is 1. The minimum Gasteiger partial charge on any atom is -0.491 e. The zero-order valence-corrected chi connectivity index (χ0v) is 16.3. The highest BCUT2D eigenvalue weighted by atomic mass is 16.5. The van der Waals surface area contributed by atoms with Crippen molar-refractivity contribution in [1.29, 1.82) is 5.26 Å². The molecule has 0 radical (unpaired) electrons. The second-order valence-electron chi connectivity index (χ2n) is 7.81. The fraction of sp³-hybridized carbons (Fsp3) is 0.304. The third-order valence-electron chi connectivity index (χ3n) is 5.34. The number of hydrogen-bond acceptors (Lipinski definition) is 5. The van der Waals surface area contributed by atoms with E-state index in [0.717, 1.165) is 5.56 Å². The van der Waals surface area contributed by atoms with Gasteiger partial charge in [0.1, 0.15) is 29.8 Å². The van der Waals surface area contributed by atoms with E-state index in [1.165, 1.54) is 6.08 Å². The Labute approximate surface area is 169 Å². The summed E-state index contributed by atoms with van der Waals surface area (Å²) in [4.78, 5) is 14.3. The standard InChI is InChI=1S/C23H22N2O4/c1-23(2)22(27)21(18-10-16(12-24)8-9-19(18)29-23)25-13-17(11-20(25)26)28-14-15-6-4-3-5-7-15/h3-11,21-22,27H,13-14H2,1-2H3/t21-,22+/m0/s1. The van der Waals surface area contributed by atoms with Gasteiger partial charge in [0.05, 0.1) is 24.2 Å². The van der Waals surface area contributed by atoms with Crippen molar-refractivity contribution in [3.05, 3.63) is 77.1 Å². The number of ether oxygens (including phenoxy) is 2. The fourth-order valence-electron chi connectivity index (χ4n) is 3.76. The zero-order chi connectivity index (χ0) is 20.6. The lowest BCUT2D eigenvalue weighted by molar-refractivity contribution is -0.137. The van der Waals surface area contributed by atoms with Crippen molar-refractivity contribution in [1.82, 2.24) is 4.90 Å². The van der Waals surface area contributed by atoms with Gasteiger partial charge < -0.3 is 19.5 Å². The van der Waals surface area contributed by atoms with Gasteiger partial charge in [-0.2, -0.15) is 5.26 Å². The van der Waals surface area contributed by atoms with E-state index in [9.17, 15) is 15.2 Å². The molecule has 0 saturated carbocycles. The van der Waals surface area contributed by atoms with E-state index < -0.39 is 17.7 Å². The second-order valence-corrected chi connectivity index (χ2v) is 7.81. The first kappa shape index (κ1) is 19.0. The van der Waals surface area contributed by atoms with Gasteiger partial charge in [-0.3, -0.25) is 4.79 Å². The Kier molecular flexibility index (Phi) is 4.77. The van der Waals surface area contributed by atoms with Crippen LogP contribution in [0.15, 0.2) is 60.4 Å². The first-order valence-corrected chi connectivity index (χ1v) is 9.48. The zero-order valence-electron chi connectivity index (χ0n) is 16.3. The molecule has 0 aliphatic carbocycles. The predicted octanol–water partition coefficient (Wildman–Crippen LogP) is 3.07. The third kappa shape index (κ3) is 3.57. The molecule has 148 valence electrons. The molecule has 0 unspecified atom stereocenters. The van der Waals surface area contributed by atoms with Crippen molar-refractivity contribution >= 4 is 5.91 Å². The maximum atomic E-state index is 12.8. The van der Waals surface area contributed by atoms with Crippen molar-refractivity contribution in [2.45, 2.75) is 38.2 Å². The molecule has 0 fully saturated rings. The van der Waals surface area contributed by atoms with Crippen molar-refractivity contribution in [3.8, 4) is 11.8 Å². The molecule has 6 nitrogen and oxygen atoms in total. The van der Waals surface area contributed by atoms with Crippen LogP contribution in [0.3, 0.4) is 0 Å². The summed E-state index contributed by atoms with van der Waals surface area (Å²) in [6.45, 7) is 4.18. The van der Waals surface area contributed by atoms with Gasteiger partial charge in [0.2, 0.25) is 0 Å². The highest BCUT2D eigenvalue weighted by Gasteiger charge is 2.47. The minimum atomic E-state index is -0.963. The SMILES string of the molecule is CC1(C)Oc2ccc(C#N)cc2[C@H](N2CC(OCc3ccccc3)=CC2=O)[C@H]1O. The first-order chi connectivity index (χ1) is 13.9. The Morgan fingerprint density at radius 3 is 2.76 bits per heavy atom. The van der Waals surface area contributed by atoms with E-state index in [1.807, 2.05) is 30.3 Å². The number of aliphatic hydroxyl groups is 1. The maximum absolute atomic E-state index is 12.8. The number of aliphatic hydroxyl groups excluding tert-OH is 1. The molecule has 1 N–H and O–H groups in total.